The standard InChI is InChI=1S/C20H26N4O3S/c1-27-11-10-23-28(25,26)19-7-2-4-15(12-19)14-22-20(21)24-18-9-8-16-5-3-6-17(16)13-18/h2,4,7-9,12-13,23H,3,5-6,10-11,14H2,1H3,(H3,21,22,24). The van der Waals surface area contributed by atoms with Crippen molar-refractivity contribution in [2.75, 3.05) is 25.6 Å². The average Bonchev–Trinajstić information content (AvgIpc) is 3.14. The normalized spacial score (nSPS) is 14.1. The maximum absolute atomic E-state index is 12.3. The minimum Gasteiger partial charge on any atom is -0.383 e. The van der Waals surface area contributed by atoms with Gasteiger partial charge in [0, 0.05) is 19.3 Å². The van der Waals surface area contributed by atoms with E-state index < -0.39 is 10.0 Å². The summed E-state index contributed by atoms with van der Waals surface area (Å²) in [5.41, 5.74) is 10.4. The number of aliphatic imine (C=N–C) groups is 1. The molecule has 0 aromatic heterocycles. The Hall–Kier alpha value is -2.42. The van der Waals surface area contributed by atoms with Gasteiger partial charge in [0.15, 0.2) is 5.96 Å². The molecule has 8 heteroatoms. The lowest BCUT2D eigenvalue weighted by Gasteiger charge is -2.09. The molecular formula is C20H26N4O3S. The van der Waals surface area contributed by atoms with Gasteiger partial charge in [-0.05, 0) is 60.2 Å². The van der Waals surface area contributed by atoms with Crippen LogP contribution in [0.4, 0.5) is 5.69 Å². The van der Waals surface area contributed by atoms with Crippen molar-refractivity contribution in [3.63, 3.8) is 0 Å². The summed E-state index contributed by atoms with van der Waals surface area (Å²) in [5.74, 6) is 0.296. The number of sulfonamides is 1. The molecule has 0 saturated carbocycles. The van der Waals surface area contributed by atoms with Gasteiger partial charge in [0.05, 0.1) is 18.0 Å². The smallest absolute Gasteiger partial charge is 0.240 e. The van der Waals surface area contributed by atoms with Crippen LogP contribution in [0.3, 0.4) is 0 Å². The molecule has 1 aliphatic rings. The van der Waals surface area contributed by atoms with E-state index in [-0.39, 0.29) is 18.0 Å². The van der Waals surface area contributed by atoms with Gasteiger partial charge >= 0.3 is 0 Å². The summed E-state index contributed by atoms with van der Waals surface area (Å²) in [6, 6.07) is 12.9. The van der Waals surface area contributed by atoms with Gasteiger partial charge in [-0.2, -0.15) is 0 Å². The number of benzene rings is 2. The number of aryl methyl sites for hydroxylation is 2. The third kappa shape index (κ3) is 5.31. The van der Waals surface area contributed by atoms with E-state index in [1.165, 1.54) is 24.7 Å². The van der Waals surface area contributed by atoms with Crippen LogP contribution < -0.4 is 15.8 Å². The number of nitrogens with one attached hydrogen (secondary N) is 2. The van der Waals surface area contributed by atoms with E-state index in [2.05, 4.69) is 27.2 Å². The second-order valence-electron chi connectivity index (χ2n) is 6.70. The van der Waals surface area contributed by atoms with Crippen molar-refractivity contribution in [3.8, 4) is 0 Å². The fourth-order valence-corrected chi connectivity index (χ4v) is 4.27. The molecule has 2 aromatic carbocycles. The summed E-state index contributed by atoms with van der Waals surface area (Å²) in [6.45, 7) is 0.818. The predicted molar refractivity (Wildman–Crippen MR) is 111 cm³/mol. The molecule has 0 saturated heterocycles. The molecular weight excluding hydrogens is 376 g/mol. The van der Waals surface area contributed by atoms with Crippen molar-refractivity contribution >= 4 is 21.7 Å². The maximum atomic E-state index is 12.3. The number of hydrogen-bond donors (Lipinski definition) is 3. The van der Waals surface area contributed by atoms with E-state index in [0.717, 1.165) is 24.1 Å². The average molecular weight is 403 g/mol. The lowest BCUT2D eigenvalue weighted by atomic mass is 10.1. The van der Waals surface area contributed by atoms with Crippen LogP contribution in [0.25, 0.3) is 0 Å². The first-order valence-corrected chi connectivity index (χ1v) is 10.7. The highest BCUT2D eigenvalue weighted by molar-refractivity contribution is 7.89. The van der Waals surface area contributed by atoms with Crippen LogP contribution in [0, 0.1) is 0 Å². The molecule has 4 N–H and O–H groups in total. The molecule has 3 rings (SSSR count). The summed E-state index contributed by atoms with van der Waals surface area (Å²) in [7, 11) is -2.05. The third-order valence-corrected chi connectivity index (χ3v) is 6.07. The third-order valence-electron chi connectivity index (χ3n) is 4.61. The molecule has 0 bridgehead atoms. The van der Waals surface area contributed by atoms with Crippen LogP contribution in [-0.2, 0) is 34.1 Å². The number of rotatable bonds is 8. The van der Waals surface area contributed by atoms with E-state index >= 15 is 0 Å². The highest BCUT2D eigenvalue weighted by Crippen LogP contribution is 2.24. The zero-order valence-electron chi connectivity index (χ0n) is 15.9. The Morgan fingerprint density at radius 2 is 2.00 bits per heavy atom. The van der Waals surface area contributed by atoms with Crippen LogP contribution >= 0.6 is 0 Å². The lowest BCUT2D eigenvalue weighted by Crippen LogP contribution is -2.27. The Labute approximate surface area is 166 Å². The minimum atomic E-state index is -3.57. The van der Waals surface area contributed by atoms with Crippen molar-refractivity contribution in [2.24, 2.45) is 10.7 Å². The molecule has 0 radical (unpaired) electrons. The fourth-order valence-electron chi connectivity index (χ4n) is 3.19. The molecule has 0 unspecified atom stereocenters. The molecule has 0 amide bonds. The Balaban J connectivity index is 1.63. The quantitative estimate of drug-likeness (QED) is 0.356. The zero-order valence-corrected chi connectivity index (χ0v) is 16.8. The first-order valence-electron chi connectivity index (χ1n) is 9.24. The molecule has 0 atom stereocenters. The second-order valence-corrected chi connectivity index (χ2v) is 8.47. The number of guanidine groups is 1. The number of anilines is 1. The van der Waals surface area contributed by atoms with Crippen molar-refractivity contribution in [3.05, 3.63) is 59.2 Å². The summed E-state index contributed by atoms with van der Waals surface area (Å²) in [6.07, 6.45) is 3.43. The van der Waals surface area contributed by atoms with E-state index in [0.29, 0.717) is 12.6 Å². The van der Waals surface area contributed by atoms with E-state index in [4.69, 9.17) is 10.5 Å². The summed E-state index contributed by atoms with van der Waals surface area (Å²) in [5, 5.41) is 3.10. The Morgan fingerprint density at radius 3 is 2.82 bits per heavy atom. The Kier molecular flexibility index (Phi) is 6.66. The number of methoxy groups -OCH3 is 1. The maximum Gasteiger partial charge on any atom is 0.240 e. The van der Waals surface area contributed by atoms with Crippen molar-refractivity contribution < 1.29 is 13.2 Å². The molecule has 150 valence electrons. The lowest BCUT2D eigenvalue weighted by molar-refractivity contribution is 0.204. The molecule has 1 aliphatic carbocycles. The summed E-state index contributed by atoms with van der Waals surface area (Å²) in [4.78, 5) is 4.53. The Morgan fingerprint density at radius 1 is 1.18 bits per heavy atom. The second kappa shape index (κ2) is 9.18. The predicted octanol–water partition coefficient (Wildman–Crippen LogP) is 2.03. The minimum absolute atomic E-state index is 0.196. The van der Waals surface area contributed by atoms with Gasteiger partial charge in [0.25, 0.3) is 0 Å². The molecule has 7 nitrogen and oxygen atoms in total. The molecule has 0 heterocycles. The number of ether oxygens (including phenoxy) is 1. The monoisotopic (exact) mass is 402 g/mol. The molecule has 0 fully saturated rings. The highest BCUT2D eigenvalue weighted by Gasteiger charge is 2.14. The first kappa shape index (κ1) is 20.3. The van der Waals surface area contributed by atoms with Gasteiger partial charge in [0.1, 0.15) is 0 Å². The molecule has 0 aliphatic heterocycles. The first-order chi connectivity index (χ1) is 13.5. The number of nitrogens with zero attached hydrogens (tertiary/aromatic N) is 1. The van der Waals surface area contributed by atoms with Crippen molar-refractivity contribution in [1.82, 2.24) is 4.72 Å². The van der Waals surface area contributed by atoms with E-state index in [9.17, 15) is 8.42 Å². The topological polar surface area (TPSA) is 106 Å². The Bertz CT molecular complexity index is 958. The van der Waals surface area contributed by atoms with Gasteiger partial charge in [-0.25, -0.2) is 18.1 Å². The number of fused-ring (bicyclic) bond motifs is 1. The van der Waals surface area contributed by atoms with Gasteiger partial charge in [-0.15, -0.1) is 0 Å². The summed E-state index contributed by atoms with van der Waals surface area (Å²) >= 11 is 0. The van der Waals surface area contributed by atoms with Crippen LogP contribution in [0.5, 0.6) is 0 Å². The van der Waals surface area contributed by atoms with Crippen LogP contribution in [0.1, 0.15) is 23.1 Å². The van der Waals surface area contributed by atoms with Crippen LogP contribution in [0.15, 0.2) is 52.4 Å². The van der Waals surface area contributed by atoms with Gasteiger partial charge in [-0.3, -0.25) is 0 Å². The molecule has 2 aromatic rings. The zero-order chi connectivity index (χ0) is 20.0. The van der Waals surface area contributed by atoms with Crippen molar-refractivity contribution in [2.45, 2.75) is 30.7 Å². The highest BCUT2D eigenvalue weighted by atomic mass is 32.2. The molecule has 28 heavy (non-hydrogen) atoms. The van der Waals surface area contributed by atoms with Crippen molar-refractivity contribution in [1.29, 1.82) is 0 Å². The summed E-state index contributed by atoms with van der Waals surface area (Å²) < 4.78 is 31.9. The SMILES string of the molecule is COCCNS(=O)(=O)c1cccc(CN=C(N)Nc2ccc3c(c2)CCC3)c1. The number of hydrogen-bond acceptors (Lipinski definition) is 4. The largest absolute Gasteiger partial charge is 0.383 e. The van der Waals surface area contributed by atoms with Gasteiger partial charge in [0.2, 0.25) is 10.0 Å². The molecule has 0 spiro atoms. The van der Waals surface area contributed by atoms with Crippen LogP contribution in [-0.4, -0.2) is 34.6 Å². The van der Waals surface area contributed by atoms with Gasteiger partial charge < -0.3 is 15.8 Å². The number of nitrogens with two attached hydrogens (primary N) is 1. The van der Waals surface area contributed by atoms with Crippen LogP contribution in [0.2, 0.25) is 0 Å². The van der Waals surface area contributed by atoms with E-state index in [1.807, 2.05) is 12.1 Å². The van der Waals surface area contributed by atoms with Gasteiger partial charge in [-0.1, -0.05) is 18.2 Å². The van der Waals surface area contributed by atoms with E-state index in [1.54, 1.807) is 18.2 Å². The fraction of sp³-hybridized carbons (Fsp3) is 0.350.